The van der Waals surface area contributed by atoms with E-state index in [0.29, 0.717) is 22.1 Å². The lowest BCUT2D eigenvalue weighted by Crippen LogP contribution is -2.40. The van der Waals surface area contributed by atoms with E-state index in [9.17, 15) is 31.1 Å². The number of rotatable bonds is 4. The fourth-order valence-corrected chi connectivity index (χ4v) is 4.03. The van der Waals surface area contributed by atoms with Crippen LogP contribution in [0.15, 0.2) is 18.3 Å². The van der Waals surface area contributed by atoms with Gasteiger partial charge in [0.15, 0.2) is 6.04 Å². The minimum absolute atomic E-state index is 0.0483. The second-order valence-electron chi connectivity index (χ2n) is 6.09. The zero-order valence-electron chi connectivity index (χ0n) is 14.9. The van der Waals surface area contributed by atoms with E-state index in [1.807, 2.05) is 5.32 Å². The van der Waals surface area contributed by atoms with Gasteiger partial charge in [-0.25, -0.2) is 18.3 Å². The zero-order chi connectivity index (χ0) is 22.2. The fraction of sp³-hybridized carbons (Fsp3) is 0.235. The number of fused-ring (bicyclic) bond motifs is 1. The fourth-order valence-electron chi connectivity index (χ4n) is 2.75. The van der Waals surface area contributed by atoms with Crippen LogP contribution in [0.25, 0.3) is 10.1 Å². The van der Waals surface area contributed by atoms with Gasteiger partial charge in [0.25, 0.3) is 0 Å². The average Bonchev–Trinajstić information content (AvgIpc) is 3.14. The first-order valence-electron chi connectivity index (χ1n) is 8.13. The summed E-state index contributed by atoms with van der Waals surface area (Å²) in [6, 6.07) is -0.896. The number of benzene rings is 1. The SMILES string of the molecule is Cc1c([C@@H](NC(=O)Nc2cnn(CC#N)c2F)C(F)(F)F)sc2c(F)cc(F)cc12. The summed E-state index contributed by atoms with van der Waals surface area (Å²) in [5.74, 6) is -3.10. The molecule has 0 fully saturated rings. The Morgan fingerprint density at radius 3 is 2.67 bits per heavy atom. The highest BCUT2D eigenvalue weighted by Crippen LogP contribution is 2.42. The summed E-state index contributed by atoms with van der Waals surface area (Å²) in [4.78, 5) is 11.6. The maximum Gasteiger partial charge on any atom is 0.413 e. The van der Waals surface area contributed by atoms with Gasteiger partial charge >= 0.3 is 12.2 Å². The van der Waals surface area contributed by atoms with Crippen LogP contribution in [0.1, 0.15) is 16.5 Å². The number of hydrogen-bond donors (Lipinski definition) is 2. The molecule has 13 heteroatoms. The minimum atomic E-state index is -4.98. The number of carbonyl (C=O) groups excluding carboxylic acids is 1. The molecule has 0 aliphatic rings. The summed E-state index contributed by atoms with van der Waals surface area (Å²) in [5.41, 5.74) is -0.589. The van der Waals surface area contributed by atoms with Crippen molar-refractivity contribution in [1.82, 2.24) is 15.1 Å². The van der Waals surface area contributed by atoms with Gasteiger partial charge < -0.3 is 10.6 Å². The van der Waals surface area contributed by atoms with Gasteiger partial charge in [0.05, 0.1) is 17.0 Å². The van der Waals surface area contributed by atoms with Crippen LogP contribution >= 0.6 is 11.3 Å². The Kier molecular flexibility index (Phi) is 5.62. The molecule has 0 saturated heterocycles. The Balaban J connectivity index is 1.92. The van der Waals surface area contributed by atoms with E-state index in [-0.39, 0.29) is 15.6 Å². The number of thiophene rings is 1. The van der Waals surface area contributed by atoms with Gasteiger partial charge in [-0.05, 0) is 18.6 Å². The molecule has 1 atom stereocenters. The van der Waals surface area contributed by atoms with Crippen molar-refractivity contribution in [2.45, 2.75) is 25.7 Å². The van der Waals surface area contributed by atoms with E-state index < -0.39 is 52.9 Å². The van der Waals surface area contributed by atoms with Gasteiger partial charge in [-0.15, -0.1) is 11.3 Å². The predicted molar refractivity (Wildman–Crippen MR) is 95.2 cm³/mol. The predicted octanol–water partition coefficient (Wildman–Crippen LogP) is 4.77. The van der Waals surface area contributed by atoms with E-state index in [0.717, 1.165) is 12.3 Å². The molecule has 158 valence electrons. The van der Waals surface area contributed by atoms with Crippen LogP contribution in [0, 0.1) is 35.8 Å². The average molecular weight is 447 g/mol. The number of carbonyl (C=O) groups is 1. The van der Waals surface area contributed by atoms with E-state index in [1.54, 1.807) is 11.4 Å². The summed E-state index contributed by atoms with van der Waals surface area (Å²) in [7, 11) is 0. The summed E-state index contributed by atoms with van der Waals surface area (Å²) in [6.07, 6.45) is -4.15. The molecular weight excluding hydrogens is 436 g/mol. The number of aryl methyl sites for hydroxylation is 1. The molecule has 3 rings (SSSR count). The first-order valence-corrected chi connectivity index (χ1v) is 8.95. The molecule has 3 aromatic rings. The molecule has 2 N–H and O–H groups in total. The lowest BCUT2D eigenvalue weighted by Gasteiger charge is -2.21. The maximum atomic E-state index is 14.0. The third-order valence-corrected chi connectivity index (χ3v) is 5.48. The van der Waals surface area contributed by atoms with Crippen LogP contribution in [0.4, 0.5) is 36.8 Å². The van der Waals surface area contributed by atoms with Crippen molar-refractivity contribution in [2.75, 3.05) is 5.32 Å². The van der Waals surface area contributed by atoms with Crippen molar-refractivity contribution < 1.29 is 31.1 Å². The Hall–Kier alpha value is -3.27. The number of anilines is 1. The van der Waals surface area contributed by atoms with Gasteiger partial charge in [0.2, 0.25) is 5.95 Å². The van der Waals surface area contributed by atoms with Crippen molar-refractivity contribution >= 4 is 33.1 Å². The molecule has 0 spiro atoms. The highest BCUT2D eigenvalue weighted by Gasteiger charge is 2.44. The van der Waals surface area contributed by atoms with E-state index in [4.69, 9.17) is 5.26 Å². The van der Waals surface area contributed by atoms with Crippen LogP contribution in [0.3, 0.4) is 0 Å². The molecule has 2 aromatic heterocycles. The highest BCUT2D eigenvalue weighted by molar-refractivity contribution is 7.19. The molecule has 30 heavy (non-hydrogen) atoms. The van der Waals surface area contributed by atoms with Crippen molar-refractivity contribution in [1.29, 1.82) is 5.26 Å². The van der Waals surface area contributed by atoms with Crippen molar-refractivity contribution in [3.63, 3.8) is 0 Å². The summed E-state index contributed by atoms with van der Waals surface area (Å²) in [6.45, 7) is 0.778. The van der Waals surface area contributed by atoms with Gasteiger partial charge in [-0.1, -0.05) is 0 Å². The third kappa shape index (κ3) is 4.04. The Labute approximate surface area is 168 Å². The van der Waals surface area contributed by atoms with Crippen LogP contribution in [-0.2, 0) is 6.54 Å². The number of nitriles is 1. The molecule has 0 bridgehead atoms. The number of aromatic nitrogens is 2. The van der Waals surface area contributed by atoms with Crippen molar-refractivity contribution in [3.8, 4) is 6.07 Å². The van der Waals surface area contributed by atoms with Crippen LogP contribution in [-0.4, -0.2) is 22.0 Å². The van der Waals surface area contributed by atoms with Crippen LogP contribution < -0.4 is 10.6 Å². The molecular formula is C17H11F6N5OS. The number of nitrogens with one attached hydrogen (secondary N) is 2. The minimum Gasteiger partial charge on any atom is -0.322 e. The second kappa shape index (κ2) is 7.86. The Morgan fingerprint density at radius 2 is 2.03 bits per heavy atom. The molecule has 0 unspecified atom stereocenters. The number of alkyl halides is 3. The summed E-state index contributed by atoms with van der Waals surface area (Å²) >= 11 is 0.426. The molecule has 0 saturated carbocycles. The molecule has 0 aliphatic heterocycles. The molecule has 0 aliphatic carbocycles. The van der Waals surface area contributed by atoms with Crippen LogP contribution in [0.2, 0.25) is 0 Å². The standard InChI is InChI=1S/C17H11F6N5OS/c1-7-9-4-8(18)5-10(19)13(9)30-12(7)14(17(21,22)23)27-16(29)26-11-6-25-28(3-2-24)15(11)20/h4-6,14H,3H2,1H3,(H2,26,27,29)/t14-/m1/s1. The number of nitrogens with zero attached hydrogens (tertiary/aromatic N) is 3. The number of hydrogen-bond acceptors (Lipinski definition) is 4. The maximum absolute atomic E-state index is 14.0. The van der Waals surface area contributed by atoms with Gasteiger partial charge in [0, 0.05) is 16.3 Å². The normalized spacial score (nSPS) is 12.6. The summed E-state index contributed by atoms with van der Waals surface area (Å²) in [5, 5.41) is 15.5. The van der Waals surface area contributed by atoms with E-state index in [2.05, 4.69) is 5.10 Å². The number of amides is 2. The first-order chi connectivity index (χ1) is 14.0. The second-order valence-corrected chi connectivity index (χ2v) is 7.15. The number of urea groups is 1. The topological polar surface area (TPSA) is 82.7 Å². The quantitative estimate of drug-likeness (QED) is 0.565. The zero-order valence-corrected chi connectivity index (χ0v) is 15.8. The van der Waals surface area contributed by atoms with Crippen molar-refractivity contribution in [2.24, 2.45) is 0 Å². The molecule has 1 aromatic carbocycles. The van der Waals surface area contributed by atoms with E-state index >= 15 is 0 Å². The Morgan fingerprint density at radius 1 is 1.33 bits per heavy atom. The van der Waals surface area contributed by atoms with Gasteiger partial charge in [-0.2, -0.15) is 27.9 Å². The summed E-state index contributed by atoms with van der Waals surface area (Å²) < 4.78 is 82.8. The molecule has 2 amide bonds. The van der Waals surface area contributed by atoms with Gasteiger partial charge in [0.1, 0.15) is 23.9 Å². The van der Waals surface area contributed by atoms with Gasteiger partial charge in [-0.3, -0.25) is 0 Å². The largest absolute Gasteiger partial charge is 0.413 e. The van der Waals surface area contributed by atoms with Crippen LogP contribution in [0.5, 0.6) is 0 Å². The first kappa shape index (κ1) is 21.4. The molecule has 0 radical (unpaired) electrons. The van der Waals surface area contributed by atoms with Crippen molar-refractivity contribution in [3.05, 3.63) is 46.4 Å². The number of halogens is 6. The van der Waals surface area contributed by atoms with E-state index in [1.165, 1.54) is 6.92 Å². The lowest BCUT2D eigenvalue weighted by molar-refractivity contribution is -0.154. The molecule has 2 heterocycles. The highest BCUT2D eigenvalue weighted by atomic mass is 32.1. The smallest absolute Gasteiger partial charge is 0.322 e. The monoisotopic (exact) mass is 447 g/mol. The Bertz CT molecular complexity index is 1160. The third-order valence-electron chi connectivity index (χ3n) is 4.10. The lowest BCUT2D eigenvalue weighted by atomic mass is 10.1. The molecule has 6 nitrogen and oxygen atoms in total.